The van der Waals surface area contributed by atoms with Crippen molar-refractivity contribution in [1.82, 2.24) is 9.88 Å². The van der Waals surface area contributed by atoms with Gasteiger partial charge in [0.1, 0.15) is 11.9 Å². The fraction of sp³-hybridized carbons (Fsp3) is 0.400. The van der Waals surface area contributed by atoms with E-state index in [1.165, 1.54) is 5.56 Å². The van der Waals surface area contributed by atoms with Crippen LogP contribution in [0.4, 0.5) is 0 Å². The maximum Gasteiger partial charge on any atom is 0.253 e. The number of likely N-dealkylation sites (tertiary alicyclic amines) is 1. The molecule has 0 saturated carbocycles. The molecule has 1 amide bonds. The van der Waals surface area contributed by atoms with E-state index in [4.69, 9.17) is 4.74 Å². The first-order chi connectivity index (χ1) is 12.2. The van der Waals surface area contributed by atoms with Gasteiger partial charge in [0, 0.05) is 37.0 Å². The first-order valence-corrected chi connectivity index (χ1v) is 9.75. The van der Waals surface area contributed by atoms with Crippen LogP contribution in [0.1, 0.15) is 29.3 Å². The van der Waals surface area contributed by atoms with Crippen LogP contribution in [-0.2, 0) is 6.42 Å². The average molecular weight is 354 g/mol. The van der Waals surface area contributed by atoms with Crippen molar-refractivity contribution < 1.29 is 9.53 Å². The Morgan fingerprint density at radius 3 is 2.80 bits per heavy atom. The standard InChI is InChI=1S/C20H22N2O2S/c1-2-15-5-7-16(8-6-15)19(23)22-13-20(14-22)10-18(12-25-20)24-17-4-3-9-21-11-17/h3-9,11,18H,2,10,12-14H2,1H3. The third-order valence-electron chi connectivity index (χ3n) is 4.97. The third kappa shape index (κ3) is 3.38. The number of amides is 1. The van der Waals surface area contributed by atoms with Crippen LogP contribution in [0.5, 0.6) is 5.75 Å². The van der Waals surface area contributed by atoms with Gasteiger partial charge in [0.2, 0.25) is 0 Å². The normalized spacial score (nSPS) is 21.2. The van der Waals surface area contributed by atoms with E-state index in [1.54, 1.807) is 12.4 Å². The molecule has 0 bridgehead atoms. The van der Waals surface area contributed by atoms with E-state index in [0.717, 1.165) is 43.0 Å². The number of carbonyl (C=O) groups excluding carboxylic acids is 1. The Balaban J connectivity index is 1.33. The van der Waals surface area contributed by atoms with Crippen molar-refractivity contribution in [2.75, 3.05) is 18.8 Å². The van der Waals surface area contributed by atoms with Crippen LogP contribution in [-0.4, -0.2) is 45.5 Å². The van der Waals surface area contributed by atoms with Crippen molar-refractivity contribution >= 4 is 17.7 Å². The zero-order chi connectivity index (χ0) is 17.3. The van der Waals surface area contributed by atoms with E-state index >= 15 is 0 Å². The first kappa shape index (κ1) is 16.5. The van der Waals surface area contributed by atoms with Crippen molar-refractivity contribution in [2.24, 2.45) is 0 Å². The summed E-state index contributed by atoms with van der Waals surface area (Å²) in [6.45, 7) is 3.76. The topological polar surface area (TPSA) is 42.4 Å². The monoisotopic (exact) mass is 354 g/mol. The molecular formula is C20H22N2O2S. The Hall–Kier alpha value is -2.01. The molecular weight excluding hydrogens is 332 g/mol. The summed E-state index contributed by atoms with van der Waals surface area (Å²) >= 11 is 1.94. The lowest BCUT2D eigenvalue weighted by atomic mass is 9.92. The maximum atomic E-state index is 12.6. The Labute approximate surface area is 152 Å². The highest BCUT2D eigenvalue weighted by Crippen LogP contribution is 2.46. The summed E-state index contributed by atoms with van der Waals surface area (Å²) in [5.41, 5.74) is 2.05. The van der Waals surface area contributed by atoms with E-state index < -0.39 is 0 Å². The average Bonchev–Trinajstić information content (AvgIpc) is 3.05. The lowest BCUT2D eigenvalue weighted by Gasteiger charge is -2.47. The minimum atomic E-state index is 0.144. The second-order valence-electron chi connectivity index (χ2n) is 6.84. The van der Waals surface area contributed by atoms with E-state index in [-0.39, 0.29) is 16.8 Å². The van der Waals surface area contributed by atoms with Gasteiger partial charge in [-0.2, -0.15) is 0 Å². The number of carbonyl (C=O) groups is 1. The van der Waals surface area contributed by atoms with Gasteiger partial charge >= 0.3 is 0 Å². The van der Waals surface area contributed by atoms with E-state index in [9.17, 15) is 4.79 Å². The van der Waals surface area contributed by atoms with Crippen LogP contribution in [0.25, 0.3) is 0 Å². The SMILES string of the molecule is CCc1ccc(C(=O)N2CC3(CC(Oc4cccnc4)CS3)C2)cc1. The number of pyridine rings is 1. The molecule has 4 rings (SSSR count). The molecule has 3 heterocycles. The molecule has 0 N–H and O–H groups in total. The molecule has 130 valence electrons. The molecule has 2 aliphatic rings. The van der Waals surface area contributed by atoms with E-state index in [2.05, 4.69) is 11.9 Å². The molecule has 5 heteroatoms. The summed E-state index contributed by atoms with van der Waals surface area (Å²) < 4.78 is 6.20. The zero-order valence-electron chi connectivity index (χ0n) is 14.4. The van der Waals surface area contributed by atoms with Gasteiger partial charge < -0.3 is 9.64 Å². The molecule has 1 aromatic heterocycles. The van der Waals surface area contributed by atoms with Gasteiger partial charge in [-0.15, -0.1) is 11.8 Å². The molecule has 4 nitrogen and oxygen atoms in total. The Morgan fingerprint density at radius 1 is 1.32 bits per heavy atom. The van der Waals surface area contributed by atoms with Gasteiger partial charge in [0.15, 0.2) is 0 Å². The summed E-state index contributed by atoms with van der Waals surface area (Å²) in [5, 5.41) is 0. The quantitative estimate of drug-likeness (QED) is 0.844. The van der Waals surface area contributed by atoms with E-state index in [1.807, 2.05) is 53.1 Å². The molecule has 1 spiro atoms. The summed E-state index contributed by atoms with van der Waals surface area (Å²) in [7, 11) is 0. The zero-order valence-corrected chi connectivity index (χ0v) is 15.2. The molecule has 2 fully saturated rings. The minimum Gasteiger partial charge on any atom is -0.488 e. The van der Waals surface area contributed by atoms with Crippen LogP contribution in [0.3, 0.4) is 0 Å². The van der Waals surface area contributed by atoms with Crippen molar-refractivity contribution in [2.45, 2.75) is 30.6 Å². The number of aromatic nitrogens is 1. The molecule has 1 aromatic carbocycles. The largest absolute Gasteiger partial charge is 0.488 e. The van der Waals surface area contributed by atoms with Gasteiger partial charge in [-0.3, -0.25) is 9.78 Å². The molecule has 2 aromatic rings. The number of benzene rings is 1. The van der Waals surface area contributed by atoms with Crippen molar-refractivity contribution in [1.29, 1.82) is 0 Å². The molecule has 1 unspecified atom stereocenters. The fourth-order valence-corrected chi connectivity index (χ4v) is 5.09. The predicted molar refractivity (Wildman–Crippen MR) is 100 cm³/mol. The fourth-order valence-electron chi connectivity index (χ4n) is 3.57. The number of nitrogens with zero attached hydrogens (tertiary/aromatic N) is 2. The van der Waals surface area contributed by atoms with Crippen molar-refractivity contribution in [3.63, 3.8) is 0 Å². The lowest BCUT2D eigenvalue weighted by molar-refractivity contribution is 0.0518. The Bertz CT molecular complexity index is 742. The predicted octanol–water partition coefficient (Wildman–Crippen LogP) is 3.42. The lowest BCUT2D eigenvalue weighted by Crippen LogP contribution is -2.60. The van der Waals surface area contributed by atoms with Crippen molar-refractivity contribution in [3.8, 4) is 5.75 Å². The minimum absolute atomic E-state index is 0.144. The summed E-state index contributed by atoms with van der Waals surface area (Å²) in [4.78, 5) is 18.7. The van der Waals surface area contributed by atoms with Gasteiger partial charge in [0.25, 0.3) is 5.91 Å². The van der Waals surface area contributed by atoms with Gasteiger partial charge in [-0.05, 0) is 36.2 Å². The molecule has 25 heavy (non-hydrogen) atoms. The Kier molecular flexibility index (Phi) is 4.42. The second-order valence-corrected chi connectivity index (χ2v) is 8.33. The number of ether oxygens (including phenoxy) is 1. The first-order valence-electron chi connectivity index (χ1n) is 8.76. The molecule has 2 aliphatic heterocycles. The number of hydrogen-bond acceptors (Lipinski definition) is 4. The smallest absolute Gasteiger partial charge is 0.253 e. The summed E-state index contributed by atoms with van der Waals surface area (Å²) in [6.07, 6.45) is 5.70. The van der Waals surface area contributed by atoms with Crippen LogP contribution < -0.4 is 4.74 Å². The van der Waals surface area contributed by atoms with E-state index in [0.29, 0.717) is 0 Å². The van der Waals surface area contributed by atoms with Gasteiger partial charge in [0.05, 0.1) is 10.9 Å². The molecule has 1 atom stereocenters. The van der Waals surface area contributed by atoms with Crippen LogP contribution in [0.2, 0.25) is 0 Å². The number of rotatable bonds is 4. The van der Waals surface area contributed by atoms with Gasteiger partial charge in [-0.1, -0.05) is 19.1 Å². The van der Waals surface area contributed by atoms with Gasteiger partial charge in [-0.25, -0.2) is 0 Å². The highest BCUT2D eigenvalue weighted by Gasteiger charge is 2.51. The van der Waals surface area contributed by atoms with Crippen LogP contribution in [0, 0.1) is 0 Å². The van der Waals surface area contributed by atoms with Crippen LogP contribution >= 0.6 is 11.8 Å². The third-order valence-corrected chi connectivity index (χ3v) is 6.54. The number of thioether (sulfide) groups is 1. The highest BCUT2D eigenvalue weighted by molar-refractivity contribution is 8.01. The number of aryl methyl sites for hydroxylation is 1. The highest BCUT2D eigenvalue weighted by atomic mass is 32.2. The Morgan fingerprint density at radius 2 is 2.12 bits per heavy atom. The molecule has 0 aliphatic carbocycles. The summed E-state index contributed by atoms with van der Waals surface area (Å²) in [6, 6.07) is 11.8. The van der Waals surface area contributed by atoms with Crippen molar-refractivity contribution in [3.05, 3.63) is 59.9 Å². The maximum absolute atomic E-state index is 12.6. The molecule has 2 saturated heterocycles. The molecule has 0 radical (unpaired) electrons. The number of hydrogen-bond donors (Lipinski definition) is 0. The summed E-state index contributed by atoms with van der Waals surface area (Å²) in [5.74, 6) is 1.95. The second kappa shape index (κ2) is 6.71. The van der Waals surface area contributed by atoms with Crippen LogP contribution in [0.15, 0.2) is 48.8 Å².